The molecular formula is C23H37IN6O3. The number of nitrogens with zero attached hydrogens (tertiary/aromatic N) is 4. The van der Waals surface area contributed by atoms with Crippen LogP contribution in [0.3, 0.4) is 0 Å². The molecule has 0 radical (unpaired) electrons. The molecule has 0 saturated carbocycles. The van der Waals surface area contributed by atoms with Crippen LogP contribution in [0.25, 0.3) is 0 Å². The van der Waals surface area contributed by atoms with Crippen molar-refractivity contribution in [3.05, 3.63) is 23.9 Å². The van der Waals surface area contributed by atoms with E-state index in [4.69, 9.17) is 20.2 Å². The SMILES string of the molecule is CCNC(=NCc1cccnc1N1CCC(C(N)=O)CC1)N1CCOC(C2CCCO2)C1.I. The van der Waals surface area contributed by atoms with Crippen molar-refractivity contribution in [2.75, 3.05) is 50.8 Å². The van der Waals surface area contributed by atoms with Crippen LogP contribution in [0.5, 0.6) is 0 Å². The molecule has 33 heavy (non-hydrogen) atoms. The van der Waals surface area contributed by atoms with Crippen molar-refractivity contribution in [2.45, 2.75) is 51.4 Å². The molecule has 3 aliphatic rings. The second kappa shape index (κ2) is 12.7. The normalized spacial score (nSPS) is 24.5. The summed E-state index contributed by atoms with van der Waals surface area (Å²) in [6, 6.07) is 4.05. The van der Waals surface area contributed by atoms with Gasteiger partial charge in [0.25, 0.3) is 0 Å². The molecule has 4 rings (SSSR count). The highest BCUT2D eigenvalue weighted by Crippen LogP contribution is 2.25. The first-order valence-corrected chi connectivity index (χ1v) is 11.9. The molecule has 2 atom stereocenters. The van der Waals surface area contributed by atoms with Gasteiger partial charge in [-0.2, -0.15) is 0 Å². The molecule has 0 spiro atoms. The van der Waals surface area contributed by atoms with E-state index in [1.54, 1.807) is 0 Å². The van der Waals surface area contributed by atoms with Crippen molar-refractivity contribution in [1.29, 1.82) is 0 Å². The number of pyridine rings is 1. The molecule has 1 amide bonds. The lowest BCUT2D eigenvalue weighted by molar-refractivity contribution is -0.122. The third kappa shape index (κ3) is 6.69. The van der Waals surface area contributed by atoms with E-state index in [2.05, 4.69) is 33.1 Å². The number of piperidine rings is 1. The molecule has 4 heterocycles. The Balaban J connectivity index is 0.00000306. The van der Waals surface area contributed by atoms with Crippen LogP contribution in [-0.2, 0) is 20.8 Å². The third-order valence-corrected chi connectivity index (χ3v) is 6.57. The van der Waals surface area contributed by atoms with Crippen molar-refractivity contribution in [1.82, 2.24) is 15.2 Å². The maximum Gasteiger partial charge on any atom is 0.220 e. The van der Waals surface area contributed by atoms with E-state index in [0.717, 1.165) is 82.4 Å². The predicted molar refractivity (Wildman–Crippen MR) is 139 cm³/mol. The number of ether oxygens (including phenoxy) is 2. The first kappa shape index (κ1) is 26.0. The molecule has 184 valence electrons. The van der Waals surface area contributed by atoms with Crippen LogP contribution in [-0.4, -0.2) is 79.9 Å². The number of amides is 1. The topological polar surface area (TPSA) is 105 Å². The van der Waals surface area contributed by atoms with Gasteiger partial charge in [-0.15, -0.1) is 24.0 Å². The van der Waals surface area contributed by atoms with E-state index in [0.29, 0.717) is 13.2 Å². The summed E-state index contributed by atoms with van der Waals surface area (Å²) >= 11 is 0. The Morgan fingerprint density at radius 2 is 2.00 bits per heavy atom. The van der Waals surface area contributed by atoms with Gasteiger partial charge in [-0.1, -0.05) is 6.07 Å². The van der Waals surface area contributed by atoms with E-state index in [1.807, 2.05) is 12.3 Å². The first-order chi connectivity index (χ1) is 15.7. The van der Waals surface area contributed by atoms with Gasteiger partial charge in [-0.25, -0.2) is 9.98 Å². The number of rotatable bonds is 6. The number of carbonyl (C=O) groups is 1. The molecule has 3 aliphatic heterocycles. The lowest BCUT2D eigenvalue weighted by Crippen LogP contribution is -2.53. The molecule has 0 aliphatic carbocycles. The Kier molecular flexibility index (Phi) is 9.99. The zero-order valence-electron chi connectivity index (χ0n) is 19.4. The van der Waals surface area contributed by atoms with E-state index >= 15 is 0 Å². The molecule has 3 saturated heterocycles. The van der Waals surface area contributed by atoms with Gasteiger partial charge in [0.05, 0.1) is 19.3 Å². The Morgan fingerprint density at radius 1 is 1.21 bits per heavy atom. The fraction of sp³-hybridized carbons (Fsp3) is 0.696. The number of guanidine groups is 1. The molecule has 3 N–H and O–H groups in total. The summed E-state index contributed by atoms with van der Waals surface area (Å²) in [5, 5.41) is 3.45. The number of carbonyl (C=O) groups excluding carboxylic acids is 1. The van der Waals surface area contributed by atoms with Crippen molar-refractivity contribution in [3.8, 4) is 0 Å². The van der Waals surface area contributed by atoms with E-state index < -0.39 is 0 Å². The smallest absolute Gasteiger partial charge is 0.220 e. The average Bonchev–Trinajstić information content (AvgIpc) is 3.37. The van der Waals surface area contributed by atoms with Gasteiger partial charge in [0, 0.05) is 57.0 Å². The van der Waals surface area contributed by atoms with Gasteiger partial charge in [-0.05, 0) is 38.7 Å². The quantitative estimate of drug-likeness (QED) is 0.304. The summed E-state index contributed by atoms with van der Waals surface area (Å²) in [6.45, 7) is 8.13. The number of primary amides is 1. The fourth-order valence-electron chi connectivity index (χ4n) is 4.79. The Hall–Kier alpha value is -1.66. The Morgan fingerprint density at radius 3 is 2.70 bits per heavy atom. The summed E-state index contributed by atoms with van der Waals surface area (Å²) in [7, 11) is 0. The van der Waals surface area contributed by atoms with Crippen molar-refractivity contribution >= 4 is 41.7 Å². The molecule has 3 fully saturated rings. The lowest BCUT2D eigenvalue weighted by atomic mass is 9.96. The van der Waals surface area contributed by atoms with E-state index in [9.17, 15) is 4.79 Å². The zero-order chi connectivity index (χ0) is 22.3. The van der Waals surface area contributed by atoms with Crippen LogP contribution < -0.4 is 16.0 Å². The molecule has 2 unspecified atom stereocenters. The standard InChI is InChI=1S/C23H36N6O3.HI/c1-2-25-23(29-12-14-32-20(16-29)19-6-4-13-31-19)27-15-18-5-3-9-26-22(18)28-10-7-17(8-11-28)21(24)30;/h3,5,9,17,19-20H,2,4,6-8,10-16H2,1H3,(H2,24,30)(H,25,27);1H. The van der Waals surface area contributed by atoms with Gasteiger partial charge in [0.1, 0.15) is 11.9 Å². The number of nitrogens with one attached hydrogen (secondary N) is 1. The van der Waals surface area contributed by atoms with Gasteiger partial charge in [0.2, 0.25) is 5.91 Å². The van der Waals surface area contributed by atoms with Gasteiger partial charge in [-0.3, -0.25) is 4.79 Å². The highest BCUT2D eigenvalue weighted by molar-refractivity contribution is 14.0. The average molecular weight is 572 g/mol. The summed E-state index contributed by atoms with van der Waals surface area (Å²) in [6.07, 6.45) is 5.83. The number of nitrogens with two attached hydrogens (primary N) is 1. The predicted octanol–water partition coefficient (Wildman–Crippen LogP) is 1.75. The zero-order valence-corrected chi connectivity index (χ0v) is 21.8. The number of anilines is 1. The van der Waals surface area contributed by atoms with Crippen LogP contribution in [0.15, 0.2) is 23.3 Å². The van der Waals surface area contributed by atoms with Gasteiger partial charge < -0.3 is 30.3 Å². The Bertz CT molecular complexity index is 796. The highest BCUT2D eigenvalue weighted by Gasteiger charge is 2.32. The largest absolute Gasteiger partial charge is 0.375 e. The second-order valence-electron chi connectivity index (χ2n) is 8.73. The monoisotopic (exact) mass is 572 g/mol. The number of hydrogen-bond acceptors (Lipinski definition) is 6. The van der Waals surface area contributed by atoms with Crippen LogP contribution in [0.1, 0.15) is 38.2 Å². The molecule has 1 aromatic rings. The van der Waals surface area contributed by atoms with Crippen molar-refractivity contribution in [2.24, 2.45) is 16.6 Å². The molecule has 0 aromatic carbocycles. The second-order valence-corrected chi connectivity index (χ2v) is 8.73. The number of hydrogen-bond donors (Lipinski definition) is 2. The van der Waals surface area contributed by atoms with E-state index in [1.165, 1.54) is 0 Å². The maximum absolute atomic E-state index is 11.5. The highest BCUT2D eigenvalue weighted by atomic mass is 127. The summed E-state index contributed by atoms with van der Waals surface area (Å²) < 4.78 is 11.9. The lowest BCUT2D eigenvalue weighted by Gasteiger charge is -2.37. The molecule has 10 heteroatoms. The van der Waals surface area contributed by atoms with Crippen LogP contribution in [0.2, 0.25) is 0 Å². The minimum absolute atomic E-state index is 0. The minimum atomic E-state index is -0.197. The summed E-state index contributed by atoms with van der Waals surface area (Å²) in [5.74, 6) is 1.63. The van der Waals surface area contributed by atoms with Crippen LogP contribution in [0, 0.1) is 5.92 Å². The molecule has 9 nitrogen and oxygen atoms in total. The number of aromatic nitrogens is 1. The van der Waals surface area contributed by atoms with Crippen LogP contribution in [0.4, 0.5) is 5.82 Å². The van der Waals surface area contributed by atoms with Gasteiger partial charge >= 0.3 is 0 Å². The maximum atomic E-state index is 11.5. The minimum Gasteiger partial charge on any atom is -0.375 e. The number of morpholine rings is 1. The van der Waals surface area contributed by atoms with Crippen molar-refractivity contribution < 1.29 is 14.3 Å². The number of aliphatic imine (C=N–C) groups is 1. The van der Waals surface area contributed by atoms with Gasteiger partial charge in [0.15, 0.2) is 5.96 Å². The van der Waals surface area contributed by atoms with E-state index in [-0.39, 0.29) is 48.0 Å². The molecular weight excluding hydrogens is 535 g/mol. The fourth-order valence-corrected chi connectivity index (χ4v) is 4.79. The summed E-state index contributed by atoms with van der Waals surface area (Å²) in [5.41, 5.74) is 6.58. The molecule has 0 bridgehead atoms. The Labute approximate surface area is 213 Å². The molecule has 1 aromatic heterocycles. The first-order valence-electron chi connectivity index (χ1n) is 11.9. The summed E-state index contributed by atoms with van der Waals surface area (Å²) in [4.78, 5) is 25.6. The van der Waals surface area contributed by atoms with Crippen molar-refractivity contribution in [3.63, 3.8) is 0 Å². The van der Waals surface area contributed by atoms with Crippen LogP contribution >= 0.6 is 24.0 Å². The number of halogens is 1. The third-order valence-electron chi connectivity index (χ3n) is 6.57.